The van der Waals surface area contributed by atoms with Crippen molar-refractivity contribution < 1.29 is 5.11 Å². The Morgan fingerprint density at radius 1 is 1.67 bits per heavy atom. The van der Waals surface area contributed by atoms with E-state index in [1.165, 1.54) is 0 Å². The van der Waals surface area contributed by atoms with E-state index in [1.807, 2.05) is 13.0 Å². The molecule has 3 unspecified atom stereocenters. The zero-order chi connectivity index (χ0) is 9.19. The van der Waals surface area contributed by atoms with Crippen LogP contribution >= 0.6 is 0 Å². The number of hydrogen-bond acceptors (Lipinski definition) is 1. The molecular weight excluding hydrogens is 148 g/mol. The van der Waals surface area contributed by atoms with Gasteiger partial charge in [-0.05, 0) is 19.3 Å². The molecule has 1 aliphatic rings. The highest BCUT2D eigenvalue weighted by atomic mass is 16.3. The van der Waals surface area contributed by atoms with Crippen LogP contribution in [0.5, 0.6) is 0 Å². The van der Waals surface area contributed by atoms with Gasteiger partial charge in [0, 0.05) is 11.3 Å². The molecule has 0 spiro atoms. The highest BCUT2D eigenvalue weighted by Crippen LogP contribution is 2.38. The van der Waals surface area contributed by atoms with E-state index in [4.69, 9.17) is 11.5 Å². The Balaban J connectivity index is 2.87. The third-order valence-corrected chi connectivity index (χ3v) is 2.76. The van der Waals surface area contributed by atoms with E-state index in [-0.39, 0.29) is 17.9 Å². The fraction of sp³-hybridized carbons (Fsp3) is 0.636. The topological polar surface area (TPSA) is 20.2 Å². The van der Waals surface area contributed by atoms with E-state index >= 15 is 0 Å². The fourth-order valence-corrected chi connectivity index (χ4v) is 1.85. The normalized spacial score (nSPS) is 40.8. The minimum absolute atomic E-state index is 0.138. The average Bonchev–Trinajstić information content (AvgIpc) is 2.05. The molecule has 0 saturated heterocycles. The fourth-order valence-electron chi connectivity index (χ4n) is 1.85. The molecule has 0 bridgehead atoms. The van der Waals surface area contributed by atoms with Crippen molar-refractivity contribution in [1.82, 2.24) is 0 Å². The van der Waals surface area contributed by atoms with Crippen LogP contribution in [0.15, 0.2) is 12.2 Å². The van der Waals surface area contributed by atoms with E-state index in [0.29, 0.717) is 5.92 Å². The first-order valence-corrected chi connectivity index (χ1v) is 4.39. The minimum atomic E-state index is -0.150. The van der Waals surface area contributed by atoms with Gasteiger partial charge in [-0.2, -0.15) is 0 Å². The zero-order valence-corrected chi connectivity index (χ0v) is 7.75. The number of rotatable bonds is 1. The predicted octanol–water partition coefficient (Wildman–Crippen LogP) is 1.83. The molecular formula is C11H16O. The molecule has 1 N–H and O–H groups in total. The lowest BCUT2D eigenvalue weighted by atomic mass is 9.69. The minimum Gasteiger partial charge on any atom is -0.396 e. The van der Waals surface area contributed by atoms with Crippen molar-refractivity contribution in [3.8, 4) is 12.3 Å². The van der Waals surface area contributed by atoms with Crippen LogP contribution < -0.4 is 0 Å². The van der Waals surface area contributed by atoms with Gasteiger partial charge < -0.3 is 5.11 Å². The number of aliphatic hydroxyl groups excluding tert-OH is 1. The Hall–Kier alpha value is -0.740. The molecule has 3 atom stereocenters. The Bertz CT molecular complexity index is 224. The van der Waals surface area contributed by atoms with Gasteiger partial charge in [0.15, 0.2) is 0 Å². The summed E-state index contributed by atoms with van der Waals surface area (Å²) in [6.45, 7) is 4.36. The van der Waals surface area contributed by atoms with Gasteiger partial charge in [-0.15, -0.1) is 6.42 Å². The van der Waals surface area contributed by atoms with E-state index in [2.05, 4.69) is 18.9 Å². The third kappa shape index (κ3) is 1.54. The first-order chi connectivity index (χ1) is 5.62. The molecule has 0 fully saturated rings. The van der Waals surface area contributed by atoms with E-state index < -0.39 is 0 Å². The molecule has 0 aromatic heterocycles. The molecule has 1 rings (SSSR count). The lowest BCUT2D eigenvalue weighted by molar-refractivity contribution is 0.155. The van der Waals surface area contributed by atoms with Gasteiger partial charge in [-0.1, -0.05) is 25.0 Å². The largest absolute Gasteiger partial charge is 0.396 e. The van der Waals surface area contributed by atoms with Gasteiger partial charge in [-0.3, -0.25) is 0 Å². The highest BCUT2D eigenvalue weighted by molar-refractivity contribution is 5.16. The zero-order valence-electron chi connectivity index (χ0n) is 7.75. The SMILES string of the molecule is C#CC1(C)CC(C)C=CC1CO. The van der Waals surface area contributed by atoms with Gasteiger partial charge in [0.1, 0.15) is 0 Å². The maximum atomic E-state index is 9.10. The van der Waals surface area contributed by atoms with Crippen LogP contribution in [-0.2, 0) is 0 Å². The lowest BCUT2D eigenvalue weighted by Crippen LogP contribution is -2.31. The van der Waals surface area contributed by atoms with Crippen LogP contribution in [0.3, 0.4) is 0 Å². The second-order valence-corrected chi connectivity index (χ2v) is 3.92. The molecule has 0 amide bonds. The van der Waals surface area contributed by atoms with Crippen molar-refractivity contribution in [3.63, 3.8) is 0 Å². The van der Waals surface area contributed by atoms with Crippen molar-refractivity contribution >= 4 is 0 Å². The summed E-state index contributed by atoms with van der Waals surface area (Å²) in [5.41, 5.74) is -0.150. The Labute approximate surface area is 74.5 Å². The summed E-state index contributed by atoms with van der Waals surface area (Å²) in [7, 11) is 0. The molecule has 0 aromatic carbocycles. The Morgan fingerprint density at radius 2 is 2.33 bits per heavy atom. The average molecular weight is 164 g/mol. The number of hydrogen-bond donors (Lipinski definition) is 1. The number of terminal acetylenes is 1. The van der Waals surface area contributed by atoms with Crippen LogP contribution in [0, 0.1) is 29.6 Å². The second-order valence-electron chi connectivity index (χ2n) is 3.92. The number of aliphatic hydroxyl groups is 1. The van der Waals surface area contributed by atoms with Crippen LogP contribution in [0.1, 0.15) is 20.3 Å². The summed E-state index contributed by atoms with van der Waals surface area (Å²) in [5.74, 6) is 3.47. The van der Waals surface area contributed by atoms with E-state index in [0.717, 1.165) is 6.42 Å². The third-order valence-electron chi connectivity index (χ3n) is 2.76. The molecule has 66 valence electrons. The van der Waals surface area contributed by atoms with Crippen molar-refractivity contribution in [3.05, 3.63) is 12.2 Å². The summed E-state index contributed by atoms with van der Waals surface area (Å²) in [6.07, 6.45) is 10.6. The molecule has 1 nitrogen and oxygen atoms in total. The summed E-state index contributed by atoms with van der Waals surface area (Å²) >= 11 is 0. The molecule has 1 aliphatic carbocycles. The standard InChI is InChI=1S/C11H16O/c1-4-11(3)7-9(2)5-6-10(11)8-12/h1,5-6,9-10,12H,7-8H2,2-3H3. The van der Waals surface area contributed by atoms with Crippen LogP contribution in [-0.4, -0.2) is 11.7 Å². The molecule has 0 radical (unpaired) electrons. The summed E-state index contributed by atoms with van der Waals surface area (Å²) in [5, 5.41) is 9.10. The molecule has 0 saturated carbocycles. The monoisotopic (exact) mass is 164 g/mol. The quantitative estimate of drug-likeness (QED) is 0.463. The maximum Gasteiger partial charge on any atom is 0.0508 e. The van der Waals surface area contributed by atoms with Crippen LogP contribution in [0.4, 0.5) is 0 Å². The molecule has 0 aromatic rings. The van der Waals surface area contributed by atoms with E-state index in [1.54, 1.807) is 0 Å². The second kappa shape index (κ2) is 3.33. The number of allylic oxidation sites excluding steroid dienone is 1. The van der Waals surface area contributed by atoms with Gasteiger partial charge in [0.05, 0.1) is 6.61 Å². The van der Waals surface area contributed by atoms with Gasteiger partial charge in [0.2, 0.25) is 0 Å². The summed E-state index contributed by atoms with van der Waals surface area (Å²) in [4.78, 5) is 0. The summed E-state index contributed by atoms with van der Waals surface area (Å²) < 4.78 is 0. The van der Waals surface area contributed by atoms with Gasteiger partial charge in [-0.25, -0.2) is 0 Å². The first-order valence-electron chi connectivity index (χ1n) is 4.39. The lowest BCUT2D eigenvalue weighted by Gasteiger charge is -2.35. The molecule has 0 aliphatic heterocycles. The predicted molar refractivity (Wildman–Crippen MR) is 50.4 cm³/mol. The molecule has 0 heterocycles. The van der Waals surface area contributed by atoms with Gasteiger partial charge >= 0.3 is 0 Å². The summed E-state index contributed by atoms with van der Waals surface area (Å²) in [6, 6.07) is 0. The first kappa shape index (κ1) is 9.35. The van der Waals surface area contributed by atoms with Crippen molar-refractivity contribution in [2.75, 3.05) is 6.61 Å². The Kier molecular flexibility index (Phi) is 2.59. The molecule has 1 heteroatoms. The van der Waals surface area contributed by atoms with Gasteiger partial charge in [0.25, 0.3) is 0 Å². The van der Waals surface area contributed by atoms with E-state index in [9.17, 15) is 0 Å². The smallest absolute Gasteiger partial charge is 0.0508 e. The van der Waals surface area contributed by atoms with Crippen molar-refractivity contribution in [1.29, 1.82) is 0 Å². The molecule has 12 heavy (non-hydrogen) atoms. The van der Waals surface area contributed by atoms with Crippen molar-refractivity contribution in [2.24, 2.45) is 17.3 Å². The highest BCUT2D eigenvalue weighted by Gasteiger charge is 2.33. The van der Waals surface area contributed by atoms with Crippen molar-refractivity contribution in [2.45, 2.75) is 20.3 Å². The van der Waals surface area contributed by atoms with Crippen LogP contribution in [0.2, 0.25) is 0 Å². The van der Waals surface area contributed by atoms with Crippen LogP contribution in [0.25, 0.3) is 0 Å². The maximum absolute atomic E-state index is 9.10. The Morgan fingerprint density at radius 3 is 2.83 bits per heavy atom.